The molecular formula is C48H56S7. The molecular weight excluding hydrogens is 801 g/mol. The second kappa shape index (κ2) is 21.6. The number of hydrogen-bond donors (Lipinski definition) is 0. The van der Waals surface area contributed by atoms with Crippen molar-refractivity contribution >= 4 is 79.4 Å². The predicted octanol–water partition coefficient (Wildman–Crippen LogP) is 19.5. The van der Waals surface area contributed by atoms with E-state index >= 15 is 0 Å². The molecule has 0 bridgehead atoms. The maximum absolute atomic E-state index is 2.53. The highest BCUT2D eigenvalue weighted by atomic mass is 32.1. The van der Waals surface area contributed by atoms with Gasteiger partial charge in [-0.2, -0.15) is 0 Å². The van der Waals surface area contributed by atoms with Crippen LogP contribution in [0.15, 0.2) is 83.6 Å². The Bertz CT molecular complexity index is 2110. The molecule has 7 heteroatoms. The fourth-order valence-electron chi connectivity index (χ4n) is 7.41. The molecule has 7 rings (SSSR count). The normalized spacial score (nSPS) is 11.7. The lowest BCUT2D eigenvalue weighted by molar-refractivity contribution is 0.576. The van der Waals surface area contributed by atoms with Crippen LogP contribution in [0.1, 0.15) is 128 Å². The van der Waals surface area contributed by atoms with E-state index in [0.717, 1.165) is 0 Å². The molecule has 290 valence electrons. The Labute approximate surface area is 359 Å². The summed E-state index contributed by atoms with van der Waals surface area (Å²) in [4.78, 5) is 17.0. The van der Waals surface area contributed by atoms with Crippen LogP contribution in [0.2, 0.25) is 0 Å². The monoisotopic (exact) mass is 856 g/mol. The van der Waals surface area contributed by atoms with Crippen molar-refractivity contribution in [3.8, 4) is 58.5 Å². The largest absolute Gasteiger partial charge is 0.143 e. The van der Waals surface area contributed by atoms with Gasteiger partial charge >= 0.3 is 0 Å². The van der Waals surface area contributed by atoms with Gasteiger partial charge in [0, 0.05) is 58.5 Å². The van der Waals surface area contributed by atoms with Gasteiger partial charge < -0.3 is 0 Å². The van der Waals surface area contributed by atoms with Crippen molar-refractivity contribution in [1.82, 2.24) is 0 Å². The van der Waals surface area contributed by atoms with Crippen molar-refractivity contribution in [2.75, 3.05) is 0 Å². The zero-order chi connectivity index (χ0) is 37.7. The first-order valence-corrected chi connectivity index (χ1v) is 26.7. The number of aryl methyl sites for hydroxylation is 2. The smallest absolute Gasteiger partial charge is 0.0481 e. The van der Waals surface area contributed by atoms with Crippen LogP contribution in [0.3, 0.4) is 0 Å². The van der Waals surface area contributed by atoms with Crippen LogP contribution >= 0.6 is 79.4 Å². The highest BCUT2D eigenvalue weighted by Crippen LogP contribution is 2.49. The van der Waals surface area contributed by atoms with E-state index in [2.05, 4.69) is 97.4 Å². The van der Waals surface area contributed by atoms with Crippen molar-refractivity contribution in [2.45, 2.75) is 129 Å². The minimum Gasteiger partial charge on any atom is -0.143 e. The molecule has 0 fully saturated rings. The summed E-state index contributed by atoms with van der Waals surface area (Å²) in [6, 6.07) is 28.2. The molecule has 55 heavy (non-hydrogen) atoms. The predicted molar refractivity (Wildman–Crippen MR) is 257 cm³/mol. The minimum atomic E-state index is 1.17. The maximum atomic E-state index is 2.53. The average molecular weight is 857 g/mol. The number of unbranched alkanes of at least 4 members (excludes halogenated alkanes) is 14. The summed E-state index contributed by atoms with van der Waals surface area (Å²) in [5.74, 6) is 0. The highest BCUT2D eigenvalue weighted by Gasteiger charge is 2.19. The van der Waals surface area contributed by atoms with Gasteiger partial charge in [-0.1, -0.05) is 116 Å². The van der Waals surface area contributed by atoms with Crippen molar-refractivity contribution < 1.29 is 0 Å². The van der Waals surface area contributed by atoms with Gasteiger partial charge in [0.15, 0.2) is 0 Å². The van der Waals surface area contributed by atoms with E-state index in [1.54, 1.807) is 11.1 Å². The molecule has 0 aliphatic rings. The van der Waals surface area contributed by atoms with Crippen LogP contribution < -0.4 is 0 Å². The topological polar surface area (TPSA) is 0 Å². The van der Waals surface area contributed by atoms with E-state index in [1.807, 2.05) is 79.4 Å². The van der Waals surface area contributed by atoms with Crippen LogP contribution in [0, 0.1) is 0 Å². The van der Waals surface area contributed by atoms with Crippen molar-refractivity contribution in [2.24, 2.45) is 0 Å². The van der Waals surface area contributed by atoms with Crippen molar-refractivity contribution in [3.05, 3.63) is 94.7 Å². The van der Waals surface area contributed by atoms with E-state index < -0.39 is 0 Å². The SMILES string of the molecule is CCCCCCCCCCc1cc(-c2ccc(-c3ccc(-c4sc(-c5ccc(-c6cccs6)s5)cc4CCCCCCCCCC)s3)s2)sc1-c1cccs1. The molecule has 0 atom stereocenters. The van der Waals surface area contributed by atoms with Crippen LogP contribution in [0.25, 0.3) is 58.5 Å². The first-order valence-electron chi connectivity index (χ1n) is 20.8. The Morgan fingerprint density at radius 1 is 0.327 bits per heavy atom. The minimum absolute atomic E-state index is 1.17. The Kier molecular flexibility index (Phi) is 16.1. The fourth-order valence-corrected chi connectivity index (χ4v) is 15.0. The number of rotatable bonds is 24. The third kappa shape index (κ3) is 11.3. The molecule has 0 nitrogen and oxygen atoms in total. The van der Waals surface area contributed by atoms with Crippen LogP contribution in [-0.4, -0.2) is 0 Å². The summed E-state index contributed by atoms with van der Waals surface area (Å²) < 4.78 is 0. The van der Waals surface area contributed by atoms with Gasteiger partial charge in [-0.15, -0.1) is 79.4 Å². The zero-order valence-electron chi connectivity index (χ0n) is 32.7. The summed E-state index contributed by atoms with van der Waals surface area (Å²) in [6.07, 6.45) is 24.2. The van der Waals surface area contributed by atoms with Gasteiger partial charge in [0.1, 0.15) is 0 Å². The van der Waals surface area contributed by atoms with E-state index in [0.29, 0.717) is 0 Å². The molecule has 0 aliphatic carbocycles. The first kappa shape index (κ1) is 41.1. The molecule has 0 spiro atoms. The molecule has 7 heterocycles. The van der Waals surface area contributed by atoms with Gasteiger partial charge in [0.25, 0.3) is 0 Å². The first-order chi connectivity index (χ1) is 27.2. The van der Waals surface area contributed by atoms with Crippen LogP contribution in [0.5, 0.6) is 0 Å². The Morgan fingerprint density at radius 3 is 1.15 bits per heavy atom. The number of thiophene rings is 7. The molecule has 0 unspecified atom stereocenters. The summed E-state index contributed by atoms with van der Waals surface area (Å²) in [6.45, 7) is 4.61. The average Bonchev–Trinajstić information content (AvgIpc) is 4.05. The summed E-state index contributed by atoms with van der Waals surface area (Å²) in [5, 5.41) is 4.41. The molecule has 0 radical (unpaired) electrons. The van der Waals surface area contributed by atoms with Gasteiger partial charge in [0.2, 0.25) is 0 Å². The Morgan fingerprint density at radius 2 is 0.691 bits per heavy atom. The van der Waals surface area contributed by atoms with E-state index in [4.69, 9.17) is 0 Å². The molecule has 0 N–H and O–H groups in total. The molecule has 0 saturated heterocycles. The fraction of sp³-hybridized carbons (Fsp3) is 0.417. The van der Waals surface area contributed by atoms with Crippen LogP contribution in [-0.2, 0) is 12.8 Å². The lowest BCUT2D eigenvalue weighted by Crippen LogP contribution is -1.86. The summed E-state index contributed by atoms with van der Waals surface area (Å²) in [7, 11) is 0. The third-order valence-corrected chi connectivity index (χ3v) is 19.0. The van der Waals surface area contributed by atoms with Crippen LogP contribution in [0.4, 0.5) is 0 Å². The second-order valence-corrected chi connectivity index (χ2v) is 22.1. The van der Waals surface area contributed by atoms with Gasteiger partial charge in [0.05, 0.1) is 0 Å². The zero-order valence-corrected chi connectivity index (χ0v) is 38.4. The second-order valence-electron chi connectivity index (χ2n) is 14.8. The molecule has 0 saturated carbocycles. The quantitative estimate of drug-likeness (QED) is 0.0531. The molecule has 0 aliphatic heterocycles. The molecule has 0 amide bonds. The Hall–Kier alpha value is -2.10. The number of hydrogen-bond acceptors (Lipinski definition) is 7. The lowest BCUT2D eigenvalue weighted by Gasteiger charge is -2.03. The lowest BCUT2D eigenvalue weighted by atomic mass is 10.0. The molecule has 7 aromatic rings. The van der Waals surface area contributed by atoms with E-state index in [9.17, 15) is 0 Å². The standard InChI is InChI=1S/C48H56S7/c1-3-5-7-9-11-13-15-17-21-35-33-45(54-47(35)43-24-20-32-50-43)42-28-26-39(52-42)40-29-30-44(53-40)48-36(22-18-16-14-12-10-8-6-4-2)34-46(55-48)41-27-25-38(51-41)37-23-19-31-49-37/h19-20,23-34H,3-18,21-22H2,1-2H3. The Balaban J connectivity index is 1.06. The summed E-state index contributed by atoms with van der Waals surface area (Å²) in [5.41, 5.74) is 3.09. The maximum Gasteiger partial charge on any atom is 0.0481 e. The van der Waals surface area contributed by atoms with Gasteiger partial charge in [-0.3, -0.25) is 0 Å². The van der Waals surface area contributed by atoms with E-state index in [-0.39, 0.29) is 0 Å². The van der Waals surface area contributed by atoms with Gasteiger partial charge in [-0.25, -0.2) is 0 Å². The van der Waals surface area contributed by atoms with Gasteiger partial charge in [-0.05, 0) is 108 Å². The van der Waals surface area contributed by atoms with E-state index in [1.165, 1.54) is 174 Å². The highest BCUT2D eigenvalue weighted by molar-refractivity contribution is 7.31. The molecule has 7 aromatic heterocycles. The summed E-state index contributed by atoms with van der Waals surface area (Å²) >= 11 is 13.6. The van der Waals surface area contributed by atoms with Crippen molar-refractivity contribution in [1.29, 1.82) is 0 Å². The third-order valence-electron chi connectivity index (χ3n) is 10.5. The molecule has 0 aromatic carbocycles. The van der Waals surface area contributed by atoms with Crippen molar-refractivity contribution in [3.63, 3.8) is 0 Å².